The van der Waals surface area contributed by atoms with Crippen LogP contribution in [0.25, 0.3) is 0 Å². The molecule has 1 aliphatic carbocycles. The van der Waals surface area contributed by atoms with E-state index >= 15 is 0 Å². The number of ether oxygens (including phenoxy) is 1. The number of benzene rings is 1. The Morgan fingerprint density at radius 3 is 2.73 bits per heavy atom. The molecule has 120 valence electrons. The second kappa shape index (κ2) is 6.90. The Labute approximate surface area is 130 Å². The summed E-state index contributed by atoms with van der Waals surface area (Å²) in [5, 5.41) is 10.8. The SMILES string of the molecule is CC(C)[C@@H]1CC[C@@H](C)C[C@H]1OC(=O)c1cccc([N+](=O)[O-])c1. The molecule has 0 radical (unpaired) electrons. The second-order valence-electron chi connectivity index (χ2n) is 6.58. The van der Waals surface area contributed by atoms with Crippen LogP contribution in [0.4, 0.5) is 5.69 Å². The Morgan fingerprint density at radius 2 is 2.09 bits per heavy atom. The number of nitro benzene ring substituents is 1. The third-order valence-corrected chi connectivity index (χ3v) is 4.51. The van der Waals surface area contributed by atoms with E-state index in [0.717, 1.165) is 19.3 Å². The van der Waals surface area contributed by atoms with Gasteiger partial charge in [0.1, 0.15) is 6.10 Å². The van der Waals surface area contributed by atoms with Crippen molar-refractivity contribution in [3.05, 3.63) is 39.9 Å². The van der Waals surface area contributed by atoms with Gasteiger partial charge in [0.15, 0.2) is 0 Å². The van der Waals surface area contributed by atoms with Crippen LogP contribution in [0.1, 0.15) is 50.4 Å². The van der Waals surface area contributed by atoms with E-state index in [1.54, 1.807) is 6.07 Å². The molecule has 0 N–H and O–H groups in total. The summed E-state index contributed by atoms with van der Waals surface area (Å²) in [5.74, 6) is 0.889. The van der Waals surface area contributed by atoms with Gasteiger partial charge in [-0.3, -0.25) is 10.1 Å². The minimum atomic E-state index is -0.504. The van der Waals surface area contributed by atoms with Crippen LogP contribution in [0, 0.1) is 27.9 Å². The van der Waals surface area contributed by atoms with Crippen LogP contribution >= 0.6 is 0 Å². The molecule has 1 aliphatic rings. The number of esters is 1. The summed E-state index contributed by atoms with van der Waals surface area (Å²) >= 11 is 0. The topological polar surface area (TPSA) is 69.4 Å². The molecule has 0 bridgehead atoms. The minimum Gasteiger partial charge on any atom is -0.458 e. The number of hydrogen-bond acceptors (Lipinski definition) is 4. The Balaban J connectivity index is 2.12. The third kappa shape index (κ3) is 3.84. The molecule has 0 saturated heterocycles. The molecule has 22 heavy (non-hydrogen) atoms. The van der Waals surface area contributed by atoms with Gasteiger partial charge >= 0.3 is 5.97 Å². The van der Waals surface area contributed by atoms with E-state index in [4.69, 9.17) is 4.74 Å². The van der Waals surface area contributed by atoms with Crippen molar-refractivity contribution in [1.29, 1.82) is 0 Å². The van der Waals surface area contributed by atoms with Crippen LogP contribution in [-0.2, 0) is 4.74 Å². The Kier molecular flexibility index (Phi) is 5.16. The predicted molar refractivity (Wildman–Crippen MR) is 83.6 cm³/mol. The van der Waals surface area contributed by atoms with Crippen molar-refractivity contribution in [2.24, 2.45) is 17.8 Å². The summed E-state index contributed by atoms with van der Waals surface area (Å²) < 4.78 is 5.69. The van der Waals surface area contributed by atoms with Crippen LogP contribution in [0.15, 0.2) is 24.3 Å². The quantitative estimate of drug-likeness (QED) is 0.474. The number of nitro groups is 1. The summed E-state index contributed by atoms with van der Waals surface area (Å²) in [7, 11) is 0. The van der Waals surface area contributed by atoms with Gasteiger partial charge in [-0.15, -0.1) is 0 Å². The largest absolute Gasteiger partial charge is 0.458 e. The number of hydrogen-bond donors (Lipinski definition) is 0. The monoisotopic (exact) mass is 305 g/mol. The van der Waals surface area contributed by atoms with Gasteiger partial charge in [-0.2, -0.15) is 0 Å². The summed E-state index contributed by atoms with van der Waals surface area (Å²) in [6.45, 7) is 6.47. The van der Waals surface area contributed by atoms with Crippen molar-refractivity contribution >= 4 is 11.7 Å². The smallest absolute Gasteiger partial charge is 0.338 e. The first-order valence-corrected chi connectivity index (χ1v) is 7.84. The third-order valence-electron chi connectivity index (χ3n) is 4.51. The highest BCUT2D eigenvalue weighted by molar-refractivity contribution is 5.90. The van der Waals surface area contributed by atoms with Crippen molar-refractivity contribution in [3.63, 3.8) is 0 Å². The van der Waals surface area contributed by atoms with Gasteiger partial charge in [-0.1, -0.05) is 33.3 Å². The second-order valence-corrected chi connectivity index (χ2v) is 6.58. The lowest BCUT2D eigenvalue weighted by molar-refractivity contribution is -0.384. The molecule has 0 amide bonds. The summed E-state index contributed by atoms with van der Waals surface area (Å²) in [4.78, 5) is 22.6. The molecule has 0 unspecified atom stereocenters. The van der Waals surface area contributed by atoms with Crippen LogP contribution in [-0.4, -0.2) is 17.0 Å². The van der Waals surface area contributed by atoms with E-state index < -0.39 is 10.9 Å². The Bertz CT molecular complexity index is 555. The first-order chi connectivity index (χ1) is 10.4. The van der Waals surface area contributed by atoms with Crippen molar-refractivity contribution in [2.45, 2.75) is 46.1 Å². The molecular formula is C17H23NO4. The maximum atomic E-state index is 12.3. The van der Waals surface area contributed by atoms with Crippen LogP contribution < -0.4 is 0 Å². The van der Waals surface area contributed by atoms with Gasteiger partial charge < -0.3 is 4.74 Å². The molecule has 5 nitrogen and oxygen atoms in total. The average Bonchev–Trinajstić information content (AvgIpc) is 2.47. The highest BCUT2D eigenvalue weighted by Crippen LogP contribution is 2.35. The molecule has 1 aromatic carbocycles. The highest BCUT2D eigenvalue weighted by atomic mass is 16.6. The fraction of sp³-hybridized carbons (Fsp3) is 0.588. The van der Waals surface area contributed by atoms with Gasteiger partial charge in [0.2, 0.25) is 0 Å². The van der Waals surface area contributed by atoms with Crippen molar-refractivity contribution in [3.8, 4) is 0 Å². The molecule has 0 spiro atoms. The zero-order chi connectivity index (χ0) is 16.3. The molecule has 5 heteroatoms. The lowest BCUT2D eigenvalue weighted by Gasteiger charge is -2.36. The zero-order valence-corrected chi connectivity index (χ0v) is 13.3. The summed E-state index contributed by atoms with van der Waals surface area (Å²) in [6.07, 6.45) is 2.98. The summed E-state index contributed by atoms with van der Waals surface area (Å²) in [6, 6.07) is 5.72. The van der Waals surface area contributed by atoms with Crippen molar-refractivity contribution < 1.29 is 14.5 Å². The molecule has 0 heterocycles. The normalized spacial score (nSPS) is 25.0. The number of nitrogens with zero attached hydrogens (tertiary/aromatic N) is 1. The molecule has 0 aliphatic heterocycles. The van der Waals surface area contributed by atoms with Crippen LogP contribution in [0.2, 0.25) is 0 Å². The van der Waals surface area contributed by atoms with Gasteiger partial charge in [-0.05, 0) is 36.7 Å². The average molecular weight is 305 g/mol. The standard InChI is InChI=1S/C17H23NO4/c1-11(2)15-8-7-12(3)9-16(15)22-17(19)13-5-4-6-14(10-13)18(20)21/h4-6,10-12,15-16H,7-9H2,1-3H3/t12-,15+,16-/m1/s1. The predicted octanol–water partition coefficient (Wildman–Crippen LogP) is 4.21. The maximum absolute atomic E-state index is 12.3. The first kappa shape index (κ1) is 16.5. The molecule has 2 rings (SSSR count). The number of non-ortho nitro benzene ring substituents is 1. The number of carbonyl (C=O) groups excluding carboxylic acids is 1. The number of rotatable bonds is 4. The highest BCUT2D eigenvalue weighted by Gasteiger charge is 2.33. The minimum absolute atomic E-state index is 0.0909. The fourth-order valence-electron chi connectivity index (χ4n) is 3.20. The molecule has 1 saturated carbocycles. The van der Waals surface area contributed by atoms with Gasteiger partial charge in [0, 0.05) is 12.1 Å². The Hall–Kier alpha value is -1.91. The van der Waals surface area contributed by atoms with E-state index in [1.807, 2.05) is 0 Å². The van der Waals surface area contributed by atoms with Crippen LogP contribution in [0.3, 0.4) is 0 Å². The zero-order valence-electron chi connectivity index (χ0n) is 13.3. The molecule has 1 fully saturated rings. The van der Waals surface area contributed by atoms with Gasteiger partial charge in [-0.25, -0.2) is 4.79 Å². The van der Waals surface area contributed by atoms with E-state index in [-0.39, 0.29) is 17.4 Å². The van der Waals surface area contributed by atoms with E-state index in [9.17, 15) is 14.9 Å². The maximum Gasteiger partial charge on any atom is 0.338 e. The van der Waals surface area contributed by atoms with E-state index in [1.165, 1.54) is 18.2 Å². The van der Waals surface area contributed by atoms with Gasteiger partial charge in [0.05, 0.1) is 10.5 Å². The lowest BCUT2D eigenvalue weighted by Crippen LogP contribution is -2.35. The van der Waals surface area contributed by atoms with Crippen molar-refractivity contribution in [2.75, 3.05) is 0 Å². The molecule has 0 aromatic heterocycles. The lowest BCUT2D eigenvalue weighted by atomic mass is 9.75. The molecule has 3 atom stereocenters. The van der Waals surface area contributed by atoms with Crippen molar-refractivity contribution in [1.82, 2.24) is 0 Å². The van der Waals surface area contributed by atoms with E-state index in [0.29, 0.717) is 17.8 Å². The van der Waals surface area contributed by atoms with E-state index in [2.05, 4.69) is 20.8 Å². The first-order valence-electron chi connectivity index (χ1n) is 7.84. The van der Waals surface area contributed by atoms with Crippen LogP contribution in [0.5, 0.6) is 0 Å². The molecular weight excluding hydrogens is 282 g/mol. The summed E-state index contributed by atoms with van der Waals surface area (Å²) in [5.41, 5.74) is 0.154. The molecule has 1 aromatic rings. The number of carbonyl (C=O) groups is 1. The Morgan fingerprint density at radius 1 is 1.36 bits per heavy atom. The fourth-order valence-corrected chi connectivity index (χ4v) is 3.20. The van der Waals surface area contributed by atoms with Gasteiger partial charge in [0.25, 0.3) is 5.69 Å².